The second kappa shape index (κ2) is 10.2. The number of rotatable bonds is 5. The van der Waals surface area contributed by atoms with Crippen LogP contribution in [0, 0.1) is 0 Å². The highest BCUT2D eigenvalue weighted by molar-refractivity contribution is 5.90. The molecule has 1 aliphatic carbocycles. The van der Waals surface area contributed by atoms with Gasteiger partial charge in [-0.1, -0.05) is 91.1 Å². The predicted octanol–water partition coefficient (Wildman–Crippen LogP) is 7.23. The van der Waals surface area contributed by atoms with Crippen LogP contribution in [0.3, 0.4) is 0 Å². The van der Waals surface area contributed by atoms with Crippen molar-refractivity contribution in [3.05, 3.63) is 58.7 Å². The lowest BCUT2D eigenvalue weighted by molar-refractivity contribution is 0.244. The molecule has 1 aliphatic rings. The average molecular weight is 451 g/mol. The highest BCUT2D eigenvalue weighted by Gasteiger charge is 2.26. The molecule has 0 aliphatic heterocycles. The molecule has 3 N–H and O–H groups in total. The number of carbonyl (C=O) groups is 1. The number of anilines is 1. The van der Waals surface area contributed by atoms with E-state index in [1.165, 1.54) is 24.8 Å². The lowest BCUT2D eigenvalue weighted by Gasteiger charge is -2.28. The molecule has 1 fully saturated rings. The minimum absolute atomic E-state index is 0.107. The first-order chi connectivity index (χ1) is 15.4. The zero-order valence-corrected chi connectivity index (χ0v) is 21.3. The monoisotopic (exact) mass is 450 g/mol. The van der Waals surface area contributed by atoms with Crippen LogP contribution in [0.2, 0.25) is 0 Å². The Balaban J connectivity index is 1.77. The third-order valence-corrected chi connectivity index (χ3v) is 6.67. The third-order valence-electron chi connectivity index (χ3n) is 6.67. The molecule has 0 bridgehead atoms. The van der Waals surface area contributed by atoms with Crippen LogP contribution in [0.1, 0.15) is 95.9 Å². The molecule has 0 heterocycles. The number of benzene rings is 2. The molecule has 2 amide bonds. The van der Waals surface area contributed by atoms with Gasteiger partial charge in [0.05, 0.1) is 0 Å². The van der Waals surface area contributed by atoms with Crippen LogP contribution < -0.4 is 10.6 Å². The van der Waals surface area contributed by atoms with Gasteiger partial charge in [0, 0.05) is 11.7 Å². The number of phenolic OH excluding ortho intramolecular Hbond substituents is 1. The van der Waals surface area contributed by atoms with Crippen molar-refractivity contribution in [1.82, 2.24) is 5.32 Å². The molecular formula is C29H42N2O2. The number of aromatic hydroxyl groups is 1. The van der Waals surface area contributed by atoms with Crippen LogP contribution in [0.25, 0.3) is 0 Å². The summed E-state index contributed by atoms with van der Waals surface area (Å²) in [5.74, 6) is 0.417. The molecule has 180 valence electrons. The zero-order valence-electron chi connectivity index (χ0n) is 21.3. The van der Waals surface area contributed by atoms with Crippen molar-refractivity contribution >= 4 is 11.7 Å². The zero-order chi connectivity index (χ0) is 24.2. The van der Waals surface area contributed by atoms with Crippen molar-refractivity contribution in [3.8, 4) is 5.75 Å². The van der Waals surface area contributed by atoms with Crippen molar-refractivity contribution in [1.29, 1.82) is 0 Å². The standard InChI is InChI=1S/C29H42N2O2/c1-28(2,3)23-18-20(19-24(26(23)32)29(4,5)6)16-17-21-12-10-11-15-25(21)31-27(33)30-22-13-8-7-9-14-22/h10-12,15,18-19,22,32H,7-9,13-14,16-17H2,1-6H3,(H2,30,31,33). The minimum atomic E-state index is -0.142. The van der Waals surface area contributed by atoms with Gasteiger partial charge in [0.25, 0.3) is 0 Å². The van der Waals surface area contributed by atoms with E-state index in [4.69, 9.17) is 0 Å². The van der Waals surface area contributed by atoms with E-state index in [-0.39, 0.29) is 22.9 Å². The van der Waals surface area contributed by atoms with Crippen molar-refractivity contribution in [2.45, 2.75) is 103 Å². The van der Waals surface area contributed by atoms with E-state index < -0.39 is 0 Å². The molecule has 0 radical (unpaired) electrons. The fourth-order valence-electron chi connectivity index (χ4n) is 4.71. The fraction of sp³-hybridized carbons (Fsp3) is 0.552. The molecule has 2 aromatic rings. The quantitative estimate of drug-likeness (QED) is 0.450. The van der Waals surface area contributed by atoms with Gasteiger partial charge in [0.2, 0.25) is 0 Å². The number of phenols is 1. The van der Waals surface area contributed by atoms with Crippen LogP contribution >= 0.6 is 0 Å². The van der Waals surface area contributed by atoms with Crippen LogP contribution in [0.15, 0.2) is 36.4 Å². The Morgan fingerprint density at radius 3 is 2.06 bits per heavy atom. The largest absolute Gasteiger partial charge is 0.507 e. The summed E-state index contributed by atoms with van der Waals surface area (Å²) in [6.07, 6.45) is 7.47. The molecule has 2 aromatic carbocycles. The van der Waals surface area contributed by atoms with E-state index in [2.05, 4.69) is 70.4 Å². The number of nitrogens with one attached hydrogen (secondary N) is 2. The molecule has 0 spiro atoms. The van der Waals surface area contributed by atoms with Crippen LogP contribution in [-0.2, 0) is 23.7 Å². The second-order valence-electron chi connectivity index (χ2n) is 11.6. The summed E-state index contributed by atoms with van der Waals surface area (Å²) in [5.41, 5.74) is 4.90. The smallest absolute Gasteiger partial charge is 0.319 e. The molecule has 4 nitrogen and oxygen atoms in total. The Bertz CT molecular complexity index is 925. The molecule has 0 saturated heterocycles. The van der Waals surface area contributed by atoms with Crippen molar-refractivity contribution < 1.29 is 9.90 Å². The highest BCUT2D eigenvalue weighted by Crippen LogP contribution is 2.40. The third kappa shape index (κ3) is 6.75. The van der Waals surface area contributed by atoms with Crippen LogP contribution in [0.4, 0.5) is 10.5 Å². The van der Waals surface area contributed by atoms with Gasteiger partial charge in [-0.3, -0.25) is 0 Å². The Hall–Kier alpha value is -2.49. The van der Waals surface area contributed by atoms with E-state index in [1.54, 1.807) is 0 Å². The molecule has 3 rings (SSSR count). The van der Waals surface area contributed by atoms with Gasteiger partial charge in [0.1, 0.15) is 5.75 Å². The van der Waals surface area contributed by atoms with Crippen molar-refractivity contribution in [2.75, 3.05) is 5.32 Å². The van der Waals surface area contributed by atoms with Gasteiger partial charge in [0.15, 0.2) is 0 Å². The molecule has 0 atom stereocenters. The van der Waals surface area contributed by atoms with E-state index >= 15 is 0 Å². The van der Waals surface area contributed by atoms with Gasteiger partial charge in [-0.2, -0.15) is 0 Å². The molecule has 0 aromatic heterocycles. The summed E-state index contributed by atoms with van der Waals surface area (Å²) in [5, 5.41) is 17.2. The molecule has 1 saturated carbocycles. The summed E-state index contributed by atoms with van der Waals surface area (Å²) in [6.45, 7) is 12.8. The number of aryl methyl sites for hydroxylation is 2. The van der Waals surface area contributed by atoms with Gasteiger partial charge in [-0.15, -0.1) is 0 Å². The molecule has 33 heavy (non-hydrogen) atoms. The molecule has 0 unspecified atom stereocenters. The number of carbonyl (C=O) groups excluding carboxylic acids is 1. The maximum atomic E-state index is 12.6. The first-order valence-corrected chi connectivity index (χ1v) is 12.5. The summed E-state index contributed by atoms with van der Waals surface area (Å²) >= 11 is 0. The number of amides is 2. The first-order valence-electron chi connectivity index (χ1n) is 12.5. The Labute approximate surface area is 200 Å². The average Bonchev–Trinajstić information content (AvgIpc) is 2.73. The number of hydrogen-bond acceptors (Lipinski definition) is 2. The number of urea groups is 1. The summed E-state index contributed by atoms with van der Waals surface area (Å²) in [4.78, 5) is 12.6. The highest BCUT2D eigenvalue weighted by atomic mass is 16.3. The van der Waals surface area contributed by atoms with Crippen molar-refractivity contribution in [2.24, 2.45) is 0 Å². The number of hydrogen-bond donors (Lipinski definition) is 3. The van der Waals surface area contributed by atoms with E-state index in [1.807, 2.05) is 18.2 Å². The van der Waals surface area contributed by atoms with Gasteiger partial charge < -0.3 is 15.7 Å². The lowest BCUT2D eigenvalue weighted by Crippen LogP contribution is -2.39. The molecule has 4 heteroatoms. The SMILES string of the molecule is CC(C)(C)c1cc(CCc2ccccc2NC(=O)NC2CCCCC2)cc(C(C)(C)C)c1O. The number of para-hydroxylation sites is 1. The van der Waals surface area contributed by atoms with E-state index in [0.29, 0.717) is 5.75 Å². The van der Waals surface area contributed by atoms with Gasteiger partial charge in [-0.05, 0) is 64.8 Å². The second-order valence-corrected chi connectivity index (χ2v) is 11.6. The Morgan fingerprint density at radius 1 is 0.909 bits per heavy atom. The maximum absolute atomic E-state index is 12.6. The van der Waals surface area contributed by atoms with Gasteiger partial charge >= 0.3 is 6.03 Å². The predicted molar refractivity (Wildman–Crippen MR) is 138 cm³/mol. The lowest BCUT2D eigenvalue weighted by atomic mass is 9.78. The topological polar surface area (TPSA) is 61.4 Å². The fourth-order valence-corrected chi connectivity index (χ4v) is 4.71. The normalized spacial score (nSPS) is 15.3. The maximum Gasteiger partial charge on any atom is 0.319 e. The molecular weight excluding hydrogens is 408 g/mol. The summed E-state index contributed by atoms with van der Waals surface area (Å²) < 4.78 is 0. The Morgan fingerprint density at radius 2 is 1.48 bits per heavy atom. The minimum Gasteiger partial charge on any atom is -0.507 e. The van der Waals surface area contributed by atoms with E-state index in [9.17, 15) is 9.90 Å². The Kier molecular flexibility index (Phi) is 7.76. The van der Waals surface area contributed by atoms with Gasteiger partial charge in [-0.25, -0.2) is 4.79 Å². The summed E-state index contributed by atoms with van der Waals surface area (Å²) in [6, 6.07) is 12.5. The van der Waals surface area contributed by atoms with Crippen molar-refractivity contribution in [3.63, 3.8) is 0 Å². The van der Waals surface area contributed by atoms with E-state index in [0.717, 1.165) is 48.1 Å². The van der Waals surface area contributed by atoms with Crippen LogP contribution in [0.5, 0.6) is 5.75 Å². The van der Waals surface area contributed by atoms with Crippen LogP contribution in [-0.4, -0.2) is 17.2 Å². The summed E-state index contributed by atoms with van der Waals surface area (Å²) in [7, 11) is 0. The first kappa shape index (κ1) is 25.1.